The summed E-state index contributed by atoms with van der Waals surface area (Å²) in [6.45, 7) is 0.138. The molecule has 3 aromatic carbocycles. The van der Waals surface area contributed by atoms with Gasteiger partial charge in [-0.05, 0) is 42.5 Å². The second kappa shape index (κ2) is 9.10. The average molecular weight is 484 g/mol. The molecule has 11 heteroatoms. The average Bonchev–Trinajstić information content (AvgIpc) is 3.50. The van der Waals surface area contributed by atoms with Crippen LogP contribution in [-0.4, -0.2) is 33.2 Å². The number of hydrogen-bond donors (Lipinski definition) is 1. The SMILES string of the molecule is O=C(CSc1nnc(-c2ccc3c(c2)OCO3)n1-c1ccccc1)Nc1ccc(F)c(F)c1F. The van der Waals surface area contributed by atoms with Gasteiger partial charge in [-0.1, -0.05) is 30.0 Å². The second-order valence-corrected chi connectivity index (χ2v) is 8.05. The van der Waals surface area contributed by atoms with Gasteiger partial charge in [-0.25, -0.2) is 13.2 Å². The predicted molar refractivity (Wildman–Crippen MR) is 119 cm³/mol. The van der Waals surface area contributed by atoms with Crippen molar-refractivity contribution in [2.75, 3.05) is 17.9 Å². The number of hydrogen-bond acceptors (Lipinski definition) is 6. The van der Waals surface area contributed by atoms with E-state index in [4.69, 9.17) is 9.47 Å². The number of rotatable bonds is 6. The normalized spacial score (nSPS) is 12.1. The first kappa shape index (κ1) is 21.8. The molecule has 5 rings (SSSR count). The van der Waals surface area contributed by atoms with Gasteiger partial charge >= 0.3 is 0 Å². The predicted octanol–water partition coefficient (Wildman–Crippen LogP) is 4.81. The van der Waals surface area contributed by atoms with Gasteiger partial charge < -0.3 is 14.8 Å². The van der Waals surface area contributed by atoms with E-state index in [1.54, 1.807) is 16.7 Å². The molecule has 0 saturated heterocycles. The Morgan fingerprint density at radius 3 is 2.59 bits per heavy atom. The smallest absolute Gasteiger partial charge is 0.234 e. The molecule has 1 aromatic heterocycles. The van der Waals surface area contributed by atoms with Gasteiger partial charge in [0, 0.05) is 11.3 Å². The van der Waals surface area contributed by atoms with Gasteiger partial charge in [0.15, 0.2) is 39.9 Å². The Morgan fingerprint density at radius 2 is 1.76 bits per heavy atom. The Labute approximate surface area is 195 Å². The first-order chi connectivity index (χ1) is 16.5. The van der Waals surface area contributed by atoms with Gasteiger partial charge in [-0.3, -0.25) is 9.36 Å². The van der Waals surface area contributed by atoms with Crippen LogP contribution in [0.2, 0.25) is 0 Å². The van der Waals surface area contributed by atoms with Crippen LogP contribution in [0.1, 0.15) is 0 Å². The fraction of sp³-hybridized carbons (Fsp3) is 0.0870. The summed E-state index contributed by atoms with van der Waals surface area (Å²) in [6, 6.07) is 16.4. The van der Waals surface area contributed by atoms with E-state index in [1.165, 1.54) is 0 Å². The summed E-state index contributed by atoms with van der Waals surface area (Å²) in [6.07, 6.45) is 0. The van der Waals surface area contributed by atoms with Gasteiger partial charge in [0.25, 0.3) is 0 Å². The number of anilines is 1. The third-order valence-electron chi connectivity index (χ3n) is 4.92. The third kappa shape index (κ3) is 4.17. The number of thioether (sulfide) groups is 1. The van der Waals surface area contributed by atoms with E-state index in [2.05, 4.69) is 15.5 Å². The molecule has 1 N–H and O–H groups in total. The number of carbonyl (C=O) groups excluding carboxylic acids is 1. The summed E-state index contributed by atoms with van der Waals surface area (Å²) in [4.78, 5) is 12.4. The molecular weight excluding hydrogens is 469 g/mol. The fourth-order valence-electron chi connectivity index (χ4n) is 3.33. The molecular formula is C23H15F3N4O3S. The van der Waals surface area contributed by atoms with Crippen molar-refractivity contribution in [2.24, 2.45) is 0 Å². The molecule has 0 bridgehead atoms. The topological polar surface area (TPSA) is 78.3 Å². The number of fused-ring (bicyclic) bond motifs is 1. The van der Waals surface area contributed by atoms with Crippen molar-refractivity contribution >= 4 is 23.4 Å². The maximum atomic E-state index is 13.9. The number of benzene rings is 3. The van der Waals surface area contributed by atoms with Crippen molar-refractivity contribution in [1.82, 2.24) is 14.8 Å². The van der Waals surface area contributed by atoms with Gasteiger partial charge in [-0.15, -0.1) is 10.2 Å². The first-order valence-corrected chi connectivity index (χ1v) is 11.0. The van der Waals surface area contributed by atoms with Crippen molar-refractivity contribution in [1.29, 1.82) is 0 Å². The van der Waals surface area contributed by atoms with E-state index >= 15 is 0 Å². The summed E-state index contributed by atoms with van der Waals surface area (Å²) in [5, 5.41) is 11.2. The molecule has 0 unspecified atom stereocenters. The number of halogens is 3. The largest absolute Gasteiger partial charge is 0.454 e. The maximum absolute atomic E-state index is 13.9. The molecule has 0 fully saturated rings. The van der Waals surface area contributed by atoms with E-state index in [0.29, 0.717) is 22.5 Å². The van der Waals surface area contributed by atoms with E-state index in [0.717, 1.165) is 35.1 Å². The van der Waals surface area contributed by atoms with E-state index in [-0.39, 0.29) is 12.5 Å². The molecule has 0 saturated carbocycles. The molecule has 34 heavy (non-hydrogen) atoms. The van der Waals surface area contributed by atoms with Crippen LogP contribution in [0, 0.1) is 17.5 Å². The van der Waals surface area contributed by atoms with E-state index in [9.17, 15) is 18.0 Å². The van der Waals surface area contributed by atoms with Gasteiger partial charge in [0.1, 0.15) is 0 Å². The molecule has 1 aliphatic rings. The van der Waals surface area contributed by atoms with Crippen LogP contribution in [0.4, 0.5) is 18.9 Å². The molecule has 2 heterocycles. The van der Waals surface area contributed by atoms with Crippen LogP contribution in [0.5, 0.6) is 11.5 Å². The number of amides is 1. The van der Waals surface area contributed by atoms with Crippen LogP contribution in [0.25, 0.3) is 17.1 Å². The summed E-state index contributed by atoms with van der Waals surface area (Å²) < 4.78 is 53.0. The van der Waals surface area contributed by atoms with E-state index in [1.807, 2.05) is 36.4 Å². The van der Waals surface area contributed by atoms with Crippen LogP contribution in [0.3, 0.4) is 0 Å². The van der Waals surface area contributed by atoms with Crippen molar-refractivity contribution in [3.05, 3.63) is 78.1 Å². The van der Waals surface area contributed by atoms with Crippen LogP contribution < -0.4 is 14.8 Å². The Morgan fingerprint density at radius 1 is 0.971 bits per heavy atom. The van der Waals surface area contributed by atoms with Crippen LogP contribution in [-0.2, 0) is 4.79 Å². The summed E-state index contributed by atoms with van der Waals surface area (Å²) in [5.74, 6) is -3.52. The second-order valence-electron chi connectivity index (χ2n) is 7.10. The molecule has 7 nitrogen and oxygen atoms in total. The number of aromatic nitrogens is 3. The van der Waals surface area contributed by atoms with Gasteiger partial charge in [0.05, 0.1) is 11.4 Å². The number of carbonyl (C=O) groups is 1. The minimum Gasteiger partial charge on any atom is -0.454 e. The Kier molecular flexibility index (Phi) is 5.84. The van der Waals surface area contributed by atoms with Crippen LogP contribution >= 0.6 is 11.8 Å². The highest BCUT2D eigenvalue weighted by atomic mass is 32.2. The maximum Gasteiger partial charge on any atom is 0.234 e. The zero-order valence-electron chi connectivity index (χ0n) is 17.3. The molecule has 1 amide bonds. The lowest BCUT2D eigenvalue weighted by molar-refractivity contribution is -0.113. The monoisotopic (exact) mass is 484 g/mol. The summed E-state index contributed by atoms with van der Waals surface area (Å²) in [5.41, 5.74) is 1.03. The Balaban J connectivity index is 1.41. The number of nitrogens with zero attached hydrogens (tertiary/aromatic N) is 3. The standard InChI is InChI=1S/C23H15F3N4O3S/c24-15-7-8-16(21(26)20(15)25)27-19(31)11-34-23-29-28-22(30(23)14-4-2-1-3-5-14)13-6-9-17-18(10-13)33-12-32-17/h1-10H,11-12H2,(H,27,31). The van der Waals surface area contributed by atoms with Crippen molar-refractivity contribution in [3.63, 3.8) is 0 Å². The lowest BCUT2D eigenvalue weighted by Crippen LogP contribution is -2.16. The quantitative estimate of drug-likeness (QED) is 0.313. The minimum absolute atomic E-state index is 0.138. The molecule has 0 radical (unpaired) electrons. The Bertz CT molecular complexity index is 1380. The zero-order chi connectivity index (χ0) is 23.7. The lowest BCUT2D eigenvalue weighted by atomic mass is 10.2. The van der Waals surface area contributed by atoms with Gasteiger partial charge in [0.2, 0.25) is 12.7 Å². The highest BCUT2D eigenvalue weighted by molar-refractivity contribution is 7.99. The Hall–Kier alpha value is -3.99. The number of ether oxygens (including phenoxy) is 2. The summed E-state index contributed by atoms with van der Waals surface area (Å²) >= 11 is 1.05. The minimum atomic E-state index is -1.65. The fourth-order valence-corrected chi connectivity index (χ4v) is 4.09. The van der Waals surface area contributed by atoms with Crippen molar-refractivity contribution in [3.8, 4) is 28.6 Å². The van der Waals surface area contributed by atoms with Crippen molar-refractivity contribution in [2.45, 2.75) is 5.16 Å². The summed E-state index contributed by atoms with van der Waals surface area (Å²) in [7, 11) is 0. The highest BCUT2D eigenvalue weighted by Gasteiger charge is 2.21. The van der Waals surface area contributed by atoms with Crippen LogP contribution in [0.15, 0.2) is 65.8 Å². The molecule has 172 valence electrons. The first-order valence-electron chi connectivity index (χ1n) is 9.98. The molecule has 0 atom stereocenters. The molecule has 1 aliphatic heterocycles. The number of para-hydroxylation sites is 1. The number of nitrogens with one attached hydrogen (secondary N) is 1. The van der Waals surface area contributed by atoms with Gasteiger partial charge in [-0.2, -0.15) is 0 Å². The molecule has 0 aliphatic carbocycles. The van der Waals surface area contributed by atoms with Crippen molar-refractivity contribution < 1.29 is 27.4 Å². The molecule has 4 aromatic rings. The highest BCUT2D eigenvalue weighted by Crippen LogP contribution is 2.37. The zero-order valence-corrected chi connectivity index (χ0v) is 18.1. The third-order valence-corrected chi connectivity index (χ3v) is 5.85. The lowest BCUT2D eigenvalue weighted by Gasteiger charge is -2.11. The molecule has 0 spiro atoms. The van der Waals surface area contributed by atoms with E-state index < -0.39 is 29.0 Å².